The van der Waals surface area contributed by atoms with Gasteiger partial charge in [-0.3, -0.25) is 0 Å². The van der Waals surface area contributed by atoms with Gasteiger partial charge in [0, 0.05) is 11.5 Å². The second kappa shape index (κ2) is 4.43. The SMILES string of the molecule is CCc1ccc(C2SCCS2)cc1. The molecule has 1 aliphatic rings. The Balaban J connectivity index is 2.12. The molecule has 1 fully saturated rings. The van der Waals surface area contributed by atoms with E-state index in [1.807, 2.05) is 0 Å². The first kappa shape index (κ1) is 9.47. The fraction of sp³-hybridized carbons (Fsp3) is 0.455. The van der Waals surface area contributed by atoms with Gasteiger partial charge >= 0.3 is 0 Å². The smallest absolute Gasteiger partial charge is 0.0751 e. The molecule has 0 bridgehead atoms. The Morgan fingerprint density at radius 3 is 2.31 bits per heavy atom. The van der Waals surface area contributed by atoms with E-state index in [2.05, 4.69) is 54.7 Å². The molecule has 0 amide bonds. The van der Waals surface area contributed by atoms with Crippen molar-refractivity contribution in [3.63, 3.8) is 0 Å². The van der Waals surface area contributed by atoms with Crippen LogP contribution < -0.4 is 0 Å². The Morgan fingerprint density at radius 2 is 1.77 bits per heavy atom. The van der Waals surface area contributed by atoms with Crippen LogP contribution in [0.5, 0.6) is 0 Å². The van der Waals surface area contributed by atoms with E-state index in [-0.39, 0.29) is 0 Å². The van der Waals surface area contributed by atoms with E-state index >= 15 is 0 Å². The zero-order valence-corrected chi connectivity index (χ0v) is 9.46. The van der Waals surface area contributed by atoms with E-state index < -0.39 is 0 Å². The average molecular weight is 210 g/mol. The topological polar surface area (TPSA) is 0 Å². The number of benzene rings is 1. The Hall–Kier alpha value is -0.0800. The van der Waals surface area contributed by atoms with Gasteiger partial charge in [-0.25, -0.2) is 0 Å². The average Bonchev–Trinajstić information content (AvgIpc) is 2.71. The van der Waals surface area contributed by atoms with Gasteiger partial charge in [0.15, 0.2) is 0 Å². The van der Waals surface area contributed by atoms with Gasteiger partial charge < -0.3 is 0 Å². The zero-order valence-electron chi connectivity index (χ0n) is 7.82. The first-order valence-electron chi connectivity index (χ1n) is 4.72. The molecule has 1 aromatic carbocycles. The molecular formula is C11H14S2. The lowest BCUT2D eigenvalue weighted by Gasteiger charge is -2.08. The summed E-state index contributed by atoms with van der Waals surface area (Å²) in [5, 5.41) is 0. The molecular weight excluding hydrogens is 196 g/mol. The number of hydrogen-bond donors (Lipinski definition) is 0. The summed E-state index contributed by atoms with van der Waals surface area (Å²) in [4.78, 5) is 0. The van der Waals surface area contributed by atoms with Gasteiger partial charge in [-0.15, -0.1) is 23.5 Å². The van der Waals surface area contributed by atoms with Gasteiger partial charge in [0.2, 0.25) is 0 Å². The van der Waals surface area contributed by atoms with Crippen molar-refractivity contribution in [1.29, 1.82) is 0 Å². The van der Waals surface area contributed by atoms with Gasteiger partial charge in [-0.1, -0.05) is 31.2 Å². The summed E-state index contributed by atoms with van der Waals surface area (Å²) in [6.07, 6.45) is 1.14. The summed E-state index contributed by atoms with van der Waals surface area (Å²) in [6, 6.07) is 9.09. The number of hydrogen-bond acceptors (Lipinski definition) is 2. The van der Waals surface area contributed by atoms with Gasteiger partial charge in [-0.2, -0.15) is 0 Å². The molecule has 0 saturated carbocycles. The molecule has 1 aromatic rings. The molecule has 0 N–H and O–H groups in total. The van der Waals surface area contributed by atoms with Crippen LogP contribution in [0.1, 0.15) is 22.6 Å². The van der Waals surface area contributed by atoms with E-state index in [1.54, 1.807) is 0 Å². The van der Waals surface area contributed by atoms with Crippen LogP contribution in [0.3, 0.4) is 0 Å². The van der Waals surface area contributed by atoms with Crippen molar-refractivity contribution >= 4 is 23.5 Å². The predicted molar refractivity (Wildman–Crippen MR) is 63.5 cm³/mol. The van der Waals surface area contributed by atoms with Crippen LogP contribution >= 0.6 is 23.5 Å². The molecule has 0 atom stereocenters. The third-order valence-electron chi connectivity index (χ3n) is 2.28. The van der Waals surface area contributed by atoms with Crippen molar-refractivity contribution in [3.05, 3.63) is 35.4 Å². The van der Waals surface area contributed by atoms with Gasteiger partial charge in [-0.05, 0) is 17.5 Å². The van der Waals surface area contributed by atoms with Crippen molar-refractivity contribution in [2.75, 3.05) is 11.5 Å². The van der Waals surface area contributed by atoms with Crippen LogP contribution in [0, 0.1) is 0 Å². The van der Waals surface area contributed by atoms with Crippen LogP contribution in [-0.2, 0) is 6.42 Å². The lowest BCUT2D eigenvalue weighted by molar-refractivity contribution is 1.13. The molecule has 2 heteroatoms. The second-order valence-electron chi connectivity index (χ2n) is 3.17. The molecule has 0 spiro atoms. The van der Waals surface area contributed by atoms with E-state index in [1.165, 1.54) is 22.6 Å². The fourth-order valence-corrected chi connectivity index (χ4v) is 4.32. The van der Waals surface area contributed by atoms with Crippen molar-refractivity contribution < 1.29 is 0 Å². The molecule has 0 nitrogen and oxygen atoms in total. The van der Waals surface area contributed by atoms with Crippen LogP contribution in [-0.4, -0.2) is 11.5 Å². The Labute approximate surface area is 88.5 Å². The van der Waals surface area contributed by atoms with Crippen LogP contribution in [0.4, 0.5) is 0 Å². The minimum absolute atomic E-state index is 0.700. The third kappa shape index (κ3) is 2.23. The highest BCUT2D eigenvalue weighted by Crippen LogP contribution is 2.45. The molecule has 70 valence electrons. The van der Waals surface area contributed by atoms with Crippen LogP contribution in [0.25, 0.3) is 0 Å². The van der Waals surface area contributed by atoms with Crippen molar-refractivity contribution in [1.82, 2.24) is 0 Å². The molecule has 0 radical (unpaired) electrons. The molecule has 0 aromatic heterocycles. The summed E-state index contributed by atoms with van der Waals surface area (Å²) >= 11 is 4.14. The van der Waals surface area contributed by atoms with Crippen LogP contribution in [0.2, 0.25) is 0 Å². The maximum atomic E-state index is 2.29. The number of rotatable bonds is 2. The summed E-state index contributed by atoms with van der Waals surface area (Å²) in [5.41, 5.74) is 2.93. The van der Waals surface area contributed by atoms with Crippen molar-refractivity contribution in [2.24, 2.45) is 0 Å². The molecule has 1 heterocycles. The molecule has 13 heavy (non-hydrogen) atoms. The molecule has 2 rings (SSSR count). The quantitative estimate of drug-likeness (QED) is 0.729. The van der Waals surface area contributed by atoms with Crippen molar-refractivity contribution in [2.45, 2.75) is 17.9 Å². The maximum Gasteiger partial charge on any atom is 0.0751 e. The summed E-state index contributed by atoms with van der Waals surface area (Å²) in [7, 11) is 0. The Morgan fingerprint density at radius 1 is 1.15 bits per heavy atom. The van der Waals surface area contributed by atoms with Crippen molar-refractivity contribution in [3.8, 4) is 0 Å². The molecule has 1 saturated heterocycles. The normalized spacial score (nSPS) is 17.9. The Bertz CT molecular complexity index is 260. The second-order valence-corrected chi connectivity index (χ2v) is 5.89. The van der Waals surface area contributed by atoms with Gasteiger partial charge in [0.1, 0.15) is 0 Å². The summed E-state index contributed by atoms with van der Waals surface area (Å²) in [5.74, 6) is 2.62. The predicted octanol–water partition coefficient (Wildman–Crippen LogP) is 3.73. The first-order valence-corrected chi connectivity index (χ1v) is 6.82. The molecule has 1 aliphatic heterocycles. The molecule has 0 unspecified atom stereocenters. The van der Waals surface area contributed by atoms with E-state index in [9.17, 15) is 0 Å². The lowest BCUT2D eigenvalue weighted by Crippen LogP contribution is -1.86. The largest absolute Gasteiger partial charge is 0.142 e. The fourth-order valence-electron chi connectivity index (χ4n) is 1.46. The highest BCUT2D eigenvalue weighted by molar-refractivity contribution is 8.19. The molecule has 0 aliphatic carbocycles. The minimum atomic E-state index is 0.700. The highest BCUT2D eigenvalue weighted by Gasteiger charge is 2.17. The minimum Gasteiger partial charge on any atom is -0.142 e. The lowest BCUT2D eigenvalue weighted by atomic mass is 10.1. The van der Waals surface area contributed by atoms with Gasteiger partial charge in [0.25, 0.3) is 0 Å². The standard InChI is InChI=1S/C11H14S2/c1-2-9-3-5-10(6-4-9)11-12-7-8-13-11/h3-6,11H,2,7-8H2,1H3. The van der Waals surface area contributed by atoms with Gasteiger partial charge in [0.05, 0.1) is 4.58 Å². The summed E-state index contributed by atoms with van der Waals surface area (Å²) in [6.45, 7) is 2.20. The maximum absolute atomic E-state index is 2.29. The first-order chi connectivity index (χ1) is 6.40. The van der Waals surface area contributed by atoms with E-state index in [4.69, 9.17) is 0 Å². The van der Waals surface area contributed by atoms with E-state index in [0.717, 1.165) is 6.42 Å². The highest BCUT2D eigenvalue weighted by atomic mass is 32.2. The zero-order chi connectivity index (χ0) is 9.10. The Kier molecular flexibility index (Phi) is 3.23. The van der Waals surface area contributed by atoms with Crippen LogP contribution in [0.15, 0.2) is 24.3 Å². The number of thioether (sulfide) groups is 2. The van der Waals surface area contributed by atoms with E-state index in [0.29, 0.717) is 4.58 Å². The number of aryl methyl sites for hydroxylation is 1. The monoisotopic (exact) mass is 210 g/mol. The summed E-state index contributed by atoms with van der Waals surface area (Å²) < 4.78 is 0.700. The third-order valence-corrected chi connectivity index (χ3v) is 5.39.